The molecule has 0 aliphatic carbocycles. The molecule has 1 aromatic carbocycles. The molecule has 0 saturated heterocycles. The van der Waals surface area contributed by atoms with Gasteiger partial charge in [0.2, 0.25) is 0 Å². The summed E-state index contributed by atoms with van der Waals surface area (Å²) in [4.78, 5) is 11.8. The lowest BCUT2D eigenvalue weighted by molar-refractivity contribution is -0.468. The predicted molar refractivity (Wildman–Crippen MR) is 96.7 cm³/mol. The number of rotatable bonds is 1. The zero-order valence-corrected chi connectivity index (χ0v) is 15.5. The van der Waals surface area contributed by atoms with Gasteiger partial charge in [0.15, 0.2) is 11.0 Å². The predicted octanol–water partition coefficient (Wildman–Crippen LogP) is 4.96. The van der Waals surface area contributed by atoms with Gasteiger partial charge in [-0.3, -0.25) is 4.98 Å². The number of pyridine rings is 1. The second-order valence-electron chi connectivity index (χ2n) is 6.49. The quantitative estimate of drug-likeness (QED) is 0.466. The molecular weight excluding hydrogens is 377 g/mol. The zero-order valence-electron chi connectivity index (χ0n) is 14.7. The topological polar surface area (TPSA) is 45.7 Å². The van der Waals surface area contributed by atoms with Gasteiger partial charge in [0.1, 0.15) is 11.2 Å². The largest absolute Gasteiger partial charge is 0.416 e. The third kappa shape index (κ3) is 2.73. The standard InChI is InChI=1S/C19H14ClF3N4/c1-9-8-24-5-4-13(9)18-26-11(3)17-10(2)25-16-14(20)6-12(19(21,22)23)7-15(16)27(17)18/h4-8H,1-3H3/p+1. The fourth-order valence-corrected chi connectivity index (χ4v) is 3.68. The first kappa shape index (κ1) is 17.7. The maximum atomic E-state index is 13.4. The van der Waals surface area contributed by atoms with E-state index in [-0.39, 0.29) is 5.02 Å². The molecule has 0 amide bonds. The van der Waals surface area contributed by atoms with E-state index in [4.69, 9.17) is 11.6 Å². The number of alkyl halides is 3. The Kier molecular flexibility index (Phi) is 3.89. The second-order valence-corrected chi connectivity index (χ2v) is 6.90. The second kappa shape index (κ2) is 5.92. The van der Waals surface area contributed by atoms with E-state index < -0.39 is 11.7 Å². The summed E-state index contributed by atoms with van der Waals surface area (Å²) in [7, 11) is 0. The minimum absolute atomic E-state index is 0.0337. The average Bonchev–Trinajstić information content (AvgIpc) is 2.93. The first-order valence-corrected chi connectivity index (χ1v) is 8.58. The van der Waals surface area contributed by atoms with Gasteiger partial charge in [-0.2, -0.15) is 17.6 Å². The van der Waals surface area contributed by atoms with Gasteiger partial charge in [0.25, 0.3) is 5.82 Å². The van der Waals surface area contributed by atoms with Crippen molar-refractivity contribution >= 4 is 28.2 Å². The van der Waals surface area contributed by atoms with Gasteiger partial charge in [0.05, 0.1) is 21.8 Å². The number of hydrogen-bond acceptors (Lipinski definition) is 2. The SMILES string of the molecule is Cc1cnccc1-c1[nH]c(C)c2c(C)nc3c(Cl)cc(C(F)(F)F)cc3[n+]12. The summed E-state index contributed by atoms with van der Waals surface area (Å²) in [5.74, 6) is 0.660. The Balaban J connectivity index is 2.23. The van der Waals surface area contributed by atoms with E-state index in [1.165, 1.54) is 0 Å². The molecule has 1 N–H and O–H groups in total. The summed E-state index contributed by atoms with van der Waals surface area (Å²) in [6.45, 7) is 5.58. The van der Waals surface area contributed by atoms with Crippen LogP contribution in [-0.2, 0) is 6.18 Å². The van der Waals surface area contributed by atoms with Crippen LogP contribution >= 0.6 is 11.6 Å². The number of aromatic nitrogens is 4. The van der Waals surface area contributed by atoms with Crippen molar-refractivity contribution in [1.82, 2.24) is 15.0 Å². The van der Waals surface area contributed by atoms with Gasteiger partial charge >= 0.3 is 6.18 Å². The molecule has 138 valence electrons. The molecule has 0 radical (unpaired) electrons. The summed E-state index contributed by atoms with van der Waals surface area (Å²) < 4.78 is 41.9. The highest BCUT2D eigenvalue weighted by molar-refractivity contribution is 6.34. The van der Waals surface area contributed by atoms with Crippen LogP contribution in [0.15, 0.2) is 30.6 Å². The summed E-state index contributed by atoms with van der Waals surface area (Å²) in [5, 5.41) is -0.0337. The van der Waals surface area contributed by atoms with Crippen molar-refractivity contribution in [2.75, 3.05) is 0 Å². The molecule has 0 aliphatic rings. The highest BCUT2D eigenvalue weighted by Gasteiger charge is 2.33. The lowest BCUT2D eigenvalue weighted by Gasteiger charge is -2.10. The number of halogens is 4. The van der Waals surface area contributed by atoms with Crippen LogP contribution in [0.25, 0.3) is 27.9 Å². The number of imidazole rings is 1. The molecule has 4 aromatic rings. The molecule has 0 atom stereocenters. The summed E-state index contributed by atoms with van der Waals surface area (Å²) in [6.07, 6.45) is -1.15. The molecule has 4 nitrogen and oxygen atoms in total. The normalized spacial score (nSPS) is 12.3. The Morgan fingerprint density at radius 1 is 1.15 bits per heavy atom. The molecule has 4 rings (SSSR count). The number of fused-ring (bicyclic) bond motifs is 3. The molecule has 8 heteroatoms. The maximum Gasteiger partial charge on any atom is 0.416 e. The van der Waals surface area contributed by atoms with Gasteiger partial charge in [-0.15, -0.1) is 0 Å². The Morgan fingerprint density at radius 3 is 2.56 bits per heavy atom. The first-order chi connectivity index (χ1) is 12.7. The highest BCUT2D eigenvalue weighted by atomic mass is 35.5. The minimum atomic E-state index is -4.51. The monoisotopic (exact) mass is 391 g/mol. The van der Waals surface area contributed by atoms with Gasteiger partial charge in [-0.25, -0.2) is 9.97 Å². The van der Waals surface area contributed by atoms with Gasteiger partial charge in [0, 0.05) is 19.3 Å². The van der Waals surface area contributed by atoms with E-state index >= 15 is 0 Å². The van der Waals surface area contributed by atoms with Crippen LogP contribution in [0.1, 0.15) is 22.5 Å². The lowest BCUT2D eigenvalue weighted by Crippen LogP contribution is -2.26. The van der Waals surface area contributed by atoms with Crippen molar-refractivity contribution in [1.29, 1.82) is 0 Å². The van der Waals surface area contributed by atoms with Gasteiger partial charge in [-0.05, 0) is 37.6 Å². The number of nitrogens with one attached hydrogen (secondary N) is 1. The first-order valence-electron chi connectivity index (χ1n) is 8.21. The zero-order chi connectivity index (χ0) is 19.5. The van der Waals surface area contributed by atoms with E-state index in [0.717, 1.165) is 34.5 Å². The van der Waals surface area contributed by atoms with Crippen LogP contribution in [0.5, 0.6) is 0 Å². The van der Waals surface area contributed by atoms with Crippen molar-refractivity contribution in [3.05, 3.63) is 58.1 Å². The third-order valence-corrected chi connectivity index (χ3v) is 4.91. The molecule has 0 saturated carbocycles. The van der Waals surface area contributed by atoms with Crippen LogP contribution in [0.3, 0.4) is 0 Å². The molecular formula is C19H15ClF3N4+. The van der Waals surface area contributed by atoms with Crippen LogP contribution in [0.2, 0.25) is 5.02 Å². The van der Waals surface area contributed by atoms with Gasteiger partial charge < -0.3 is 0 Å². The number of hydrogen-bond donors (Lipinski definition) is 1. The Morgan fingerprint density at radius 2 is 1.89 bits per heavy atom. The Bertz CT molecular complexity index is 1210. The minimum Gasteiger partial charge on any atom is -0.264 e. The van der Waals surface area contributed by atoms with Gasteiger partial charge in [-0.1, -0.05) is 11.6 Å². The summed E-state index contributed by atoms with van der Waals surface area (Å²) >= 11 is 6.18. The van der Waals surface area contributed by atoms with Crippen molar-refractivity contribution in [2.45, 2.75) is 26.9 Å². The van der Waals surface area contributed by atoms with Crippen molar-refractivity contribution in [3.8, 4) is 11.4 Å². The van der Waals surface area contributed by atoms with Crippen LogP contribution in [-0.4, -0.2) is 15.0 Å². The number of H-pyrrole nitrogens is 1. The van der Waals surface area contributed by atoms with Crippen molar-refractivity contribution in [2.24, 2.45) is 0 Å². The molecule has 27 heavy (non-hydrogen) atoms. The van der Waals surface area contributed by atoms with Crippen molar-refractivity contribution in [3.63, 3.8) is 0 Å². The molecule has 0 unspecified atom stereocenters. The summed E-state index contributed by atoms with van der Waals surface area (Å²) in [5.41, 5.74) is 3.76. The smallest absolute Gasteiger partial charge is 0.264 e. The fourth-order valence-electron chi connectivity index (χ4n) is 3.42. The van der Waals surface area contributed by atoms with E-state index in [2.05, 4.69) is 15.0 Å². The lowest BCUT2D eigenvalue weighted by atomic mass is 10.1. The number of aryl methyl sites for hydroxylation is 3. The van der Waals surface area contributed by atoms with Crippen LogP contribution < -0.4 is 4.40 Å². The van der Waals surface area contributed by atoms with E-state index in [0.29, 0.717) is 22.6 Å². The van der Waals surface area contributed by atoms with E-state index in [9.17, 15) is 13.2 Å². The average molecular weight is 392 g/mol. The molecule has 3 heterocycles. The number of aromatic amines is 1. The molecule has 0 bridgehead atoms. The maximum absolute atomic E-state index is 13.4. The number of nitrogens with zero attached hydrogens (tertiary/aromatic N) is 3. The van der Waals surface area contributed by atoms with E-state index in [1.807, 2.05) is 26.8 Å². The Labute approximate surface area is 157 Å². The van der Waals surface area contributed by atoms with Crippen LogP contribution in [0, 0.1) is 20.8 Å². The van der Waals surface area contributed by atoms with E-state index in [1.54, 1.807) is 16.8 Å². The molecule has 0 fully saturated rings. The Hall–Kier alpha value is -2.67. The van der Waals surface area contributed by atoms with Crippen molar-refractivity contribution < 1.29 is 17.6 Å². The summed E-state index contributed by atoms with van der Waals surface area (Å²) in [6, 6.07) is 3.83. The molecule has 0 spiro atoms. The van der Waals surface area contributed by atoms with Crippen LogP contribution in [0.4, 0.5) is 13.2 Å². The third-order valence-electron chi connectivity index (χ3n) is 4.62. The highest BCUT2D eigenvalue weighted by Crippen LogP contribution is 2.35. The molecule has 0 aliphatic heterocycles. The molecule has 3 aromatic heterocycles. The number of benzene rings is 1. The fraction of sp³-hybridized carbons (Fsp3) is 0.211.